The molecule has 9 heteroatoms. The Morgan fingerprint density at radius 2 is 2.00 bits per heavy atom. The van der Waals surface area contributed by atoms with E-state index in [1.54, 1.807) is 12.1 Å². The highest BCUT2D eigenvalue weighted by atomic mass is 16.7. The van der Waals surface area contributed by atoms with Gasteiger partial charge in [0.15, 0.2) is 11.5 Å². The Bertz CT molecular complexity index is 1200. The molecule has 29 heavy (non-hydrogen) atoms. The maximum atomic E-state index is 12.5. The number of methoxy groups -OCH3 is 1. The molecule has 0 spiro atoms. The van der Waals surface area contributed by atoms with Crippen molar-refractivity contribution in [3.63, 3.8) is 0 Å². The van der Waals surface area contributed by atoms with Crippen molar-refractivity contribution in [2.24, 2.45) is 0 Å². The molecule has 0 atom stereocenters. The van der Waals surface area contributed by atoms with Gasteiger partial charge in [0.25, 0.3) is 11.5 Å². The fourth-order valence-corrected chi connectivity index (χ4v) is 3.12. The molecule has 4 rings (SSSR count). The van der Waals surface area contributed by atoms with Crippen molar-refractivity contribution in [3.05, 3.63) is 68.4 Å². The predicted octanol–water partition coefficient (Wildman–Crippen LogP) is 0.995. The lowest BCUT2D eigenvalue weighted by molar-refractivity contribution is 0.0951. The van der Waals surface area contributed by atoms with Crippen LogP contribution in [0.2, 0.25) is 0 Å². The van der Waals surface area contributed by atoms with Crippen LogP contribution in [-0.4, -0.2) is 36.0 Å². The number of carbonyl (C=O) groups excluding carboxylic acids is 1. The summed E-state index contributed by atoms with van der Waals surface area (Å²) in [6.07, 6.45) is 0. The topological polar surface area (TPSA) is 112 Å². The smallest absolute Gasteiger partial charge is 0.328 e. The Morgan fingerprint density at radius 1 is 1.17 bits per heavy atom. The van der Waals surface area contributed by atoms with E-state index in [2.05, 4.69) is 10.3 Å². The maximum Gasteiger partial charge on any atom is 0.328 e. The van der Waals surface area contributed by atoms with Gasteiger partial charge < -0.3 is 24.5 Å². The number of H-pyrrole nitrogens is 1. The van der Waals surface area contributed by atoms with E-state index in [4.69, 9.17) is 14.2 Å². The first kappa shape index (κ1) is 18.8. The minimum atomic E-state index is -0.544. The van der Waals surface area contributed by atoms with Gasteiger partial charge in [-0.2, -0.15) is 0 Å². The molecule has 2 aromatic carbocycles. The average Bonchev–Trinajstić information content (AvgIpc) is 3.19. The number of carbonyl (C=O) groups is 1. The number of hydrogen-bond donors (Lipinski definition) is 2. The highest BCUT2D eigenvalue weighted by Crippen LogP contribution is 2.32. The Hall–Kier alpha value is -3.59. The second-order valence-corrected chi connectivity index (χ2v) is 6.51. The van der Waals surface area contributed by atoms with Crippen molar-refractivity contribution in [1.82, 2.24) is 14.9 Å². The summed E-state index contributed by atoms with van der Waals surface area (Å²) in [7, 11) is 1.49. The number of fused-ring (bicyclic) bond motifs is 2. The van der Waals surface area contributed by atoms with Crippen molar-refractivity contribution in [2.45, 2.75) is 13.1 Å². The first-order valence-electron chi connectivity index (χ1n) is 8.99. The second kappa shape index (κ2) is 7.80. The van der Waals surface area contributed by atoms with Crippen molar-refractivity contribution in [2.75, 3.05) is 20.5 Å². The number of ether oxygens (including phenoxy) is 3. The molecule has 0 fully saturated rings. The third-order valence-electron chi connectivity index (χ3n) is 4.65. The molecule has 1 aliphatic heterocycles. The summed E-state index contributed by atoms with van der Waals surface area (Å²) < 4.78 is 16.6. The lowest BCUT2D eigenvalue weighted by Gasteiger charge is -2.09. The van der Waals surface area contributed by atoms with Crippen LogP contribution in [0.25, 0.3) is 10.9 Å². The summed E-state index contributed by atoms with van der Waals surface area (Å²) >= 11 is 0. The Kier molecular flexibility index (Phi) is 5.05. The Labute approximate surface area is 164 Å². The molecule has 0 saturated heterocycles. The predicted molar refractivity (Wildman–Crippen MR) is 104 cm³/mol. The SMILES string of the molecule is COCCn1c(=O)[nH]c2cc(C(=O)NCc3ccc4c(c3)OCO4)ccc2c1=O. The third-order valence-corrected chi connectivity index (χ3v) is 4.65. The van der Waals surface area contributed by atoms with Gasteiger partial charge in [-0.1, -0.05) is 6.07 Å². The van der Waals surface area contributed by atoms with Crippen LogP contribution in [0.4, 0.5) is 0 Å². The van der Waals surface area contributed by atoms with E-state index in [1.165, 1.54) is 19.2 Å². The van der Waals surface area contributed by atoms with Crippen LogP contribution in [-0.2, 0) is 17.8 Å². The van der Waals surface area contributed by atoms with Gasteiger partial charge in [-0.3, -0.25) is 14.2 Å². The van der Waals surface area contributed by atoms with Crippen LogP contribution in [0.1, 0.15) is 15.9 Å². The van der Waals surface area contributed by atoms with Crippen molar-refractivity contribution >= 4 is 16.8 Å². The highest BCUT2D eigenvalue weighted by molar-refractivity contribution is 5.97. The van der Waals surface area contributed by atoms with E-state index in [9.17, 15) is 14.4 Å². The molecule has 1 aromatic heterocycles. The van der Waals surface area contributed by atoms with Crippen molar-refractivity contribution < 1.29 is 19.0 Å². The molecular formula is C20H19N3O6. The van der Waals surface area contributed by atoms with Crippen molar-refractivity contribution in [3.8, 4) is 11.5 Å². The normalized spacial score (nSPS) is 12.3. The van der Waals surface area contributed by atoms with Gasteiger partial charge in [0.1, 0.15) is 0 Å². The standard InChI is InChI=1S/C20H19N3O6/c1-27-7-6-23-19(25)14-4-3-13(9-15(14)22-20(23)26)18(24)21-10-12-2-5-16-17(8-12)29-11-28-16/h2-5,8-9H,6-7,10-11H2,1H3,(H,21,24)(H,22,26). The van der Waals surface area contributed by atoms with Gasteiger partial charge in [0, 0.05) is 19.2 Å². The summed E-state index contributed by atoms with van der Waals surface area (Å²) in [5.41, 5.74) is 0.538. The zero-order valence-electron chi connectivity index (χ0n) is 15.7. The van der Waals surface area contributed by atoms with Crippen LogP contribution < -0.4 is 26.0 Å². The van der Waals surface area contributed by atoms with Crippen LogP contribution in [0.15, 0.2) is 46.0 Å². The van der Waals surface area contributed by atoms with Crippen molar-refractivity contribution in [1.29, 1.82) is 0 Å². The number of benzene rings is 2. The molecule has 0 saturated carbocycles. The first-order valence-corrected chi connectivity index (χ1v) is 8.99. The number of rotatable bonds is 6. The lowest BCUT2D eigenvalue weighted by Crippen LogP contribution is -2.36. The molecule has 3 aromatic rings. The van der Waals surface area contributed by atoms with E-state index in [0.717, 1.165) is 10.1 Å². The summed E-state index contributed by atoms with van der Waals surface area (Å²) in [6, 6.07) is 10.0. The molecular weight excluding hydrogens is 378 g/mol. The minimum absolute atomic E-state index is 0.151. The molecule has 150 valence electrons. The van der Waals surface area contributed by atoms with Crippen LogP contribution >= 0.6 is 0 Å². The van der Waals surface area contributed by atoms with Gasteiger partial charge in [-0.15, -0.1) is 0 Å². The molecule has 1 aliphatic rings. The second-order valence-electron chi connectivity index (χ2n) is 6.51. The van der Waals surface area contributed by atoms with Gasteiger partial charge in [-0.05, 0) is 35.9 Å². The number of hydrogen-bond acceptors (Lipinski definition) is 6. The van der Waals surface area contributed by atoms with Crippen LogP contribution in [0.5, 0.6) is 11.5 Å². The monoisotopic (exact) mass is 397 g/mol. The minimum Gasteiger partial charge on any atom is -0.454 e. The van der Waals surface area contributed by atoms with Gasteiger partial charge in [-0.25, -0.2) is 4.79 Å². The van der Waals surface area contributed by atoms with Gasteiger partial charge in [0.05, 0.1) is 24.1 Å². The summed E-state index contributed by atoms with van der Waals surface area (Å²) in [4.78, 5) is 39.8. The quantitative estimate of drug-likeness (QED) is 0.642. The molecule has 2 N–H and O–H groups in total. The first-order chi connectivity index (χ1) is 14.1. The fourth-order valence-electron chi connectivity index (χ4n) is 3.12. The third kappa shape index (κ3) is 3.72. The Morgan fingerprint density at radius 3 is 2.83 bits per heavy atom. The molecule has 9 nitrogen and oxygen atoms in total. The van der Waals surface area contributed by atoms with E-state index in [-0.39, 0.29) is 25.9 Å². The number of amides is 1. The maximum absolute atomic E-state index is 12.5. The van der Waals surface area contributed by atoms with E-state index in [1.807, 2.05) is 12.1 Å². The highest BCUT2D eigenvalue weighted by Gasteiger charge is 2.14. The zero-order chi connectivity index (χ0) is 20.4. The Balaban J connectivity index is 1.53. The largest absolute Gasteiger partial charge is 0.454 e. The van der Waals surface area contributed by atoms with E-state index in [0.29, 0.717) is 34.5 Å². The molecule has 0 aliphatic carbocycles. The summed E-state index contributed by atoms with van der Waals surface area (Å²) in [5, 5.41) is 3.14. The fraction of sp³-hybridized carbons (Fsp3) is 0.250. The molecule has 1 amide bonds. The molecule has 0 bridgehead atoms. The molecule has 2 heterocycles. The molecule has 0 radical (unpaired) electrons. The van der Waals surface area contributed by atoms with Crippen LogP contribution in [0.3, 0.4) is 0 Å². The number of nitrogens with one attached hydrogen (secondary N) is 2. The average molecular weight is 397 g/mol. The summed E-state index contributed by atoms with van der Waals surface area (Å²) in [6.45, 7) is 0.878. The summed E-state index contributed by atoms with van der Waals surface area (Å²) in [5.74, 6) is 0.994. The number of nitrogens with zero attached hydrogens (tertiary/aromatic N) is 1. The number of aromatic amines is 1. The van der Waals surface area contributed by atoms with Crippen LogP contribution in [0, 0.1) is 0 Å². The zero-order valence-corrected chi connectivity index (χ0v) is 15.7. The van der Waals surface area contributed by atoms with Gasteiger partial charge >= 0.3 is 5.69 Å². The van der Waals surface area contributed by atoms with Gasteiger partial charge in [0.2, 0.25) is 6.79 Å². The van der Waals surface area contributed by atoms with E-state index >= 15 is 0 Å². The lowest BCUT2D eigenvalue weighted by atomic mass is 10.1. The molecule has 0 unspecified atom stereocenters. The number of aromatic nitrogens is 2. The van der Waals surface area contributed by atoms with E-state index < -0.39 is 11.2 Å².